The molecule has 0 aliphatic carbocycles. The van der Waals surface area contributed by atoms with E-state index in [0.717, 1.165) is 0 Å². The summed E-state index contributed by atoms with van der Waals surface area (Å²) in [5.41, 5.74) is -2.67. The molecule has 0 aliphatic rings. The molecule has 204 valence electrons. The van der Waals surface area contributed by atoms with Gasteiger partial charge in [0.15, 0.2) is 17.3 Å². The van der Waals surface area contributed by atoms with Crippen LogP contribution < -0.4 is 0 Å². The first-order valence-corrected chi connectivity index (χ1v) is 17.8. The number of nitrogens with zero attached hydrogens (tertiary/aromatic N) is 4. The first-order chi connectivity index (χ1) is 16.7. The third-order valence-electron chi connectivity index (χ3n) is 4.77. The van der Waals surface area contributed by atoms with Crippen molar-refractivity contribution in [2.75, 3.05) is 32.3 Å². The van der Waals surface area contributed by atoms with Gasteiger partial charge >= 0.3 is 20.7 Å². The summed E-state index contributed by atoms with van der Waals surface area (Å²) < 4.78 is 27.6. The van der Waals surface area contributed by atoms with E-state index in [1.807, 2.05) is 12.1 Å². The van der Waals surface area contributed by atoms with Gasteiger partial charge in [-0.15, -0.1) is 0 Å². The van der Waals surface area contributed by atoms with E-state index in [-0.39, 0.29) is 31.9 Å². The van der Waals surface area contributed by atoms with Gasteiger partial charge in [0.1, 0.15) is 0 Å². The Morgan fingerprint density at radius 2 is 1.11 bits per heavy atom. The van der Waals surface area contributed by atoms with Crippen LogP contribution in [0.5, 0.6) is 0 Å². The molecule has 0 saturated carbocycles. The lowest BCUT2D eigenvalue weighted by Crippen LogP contribution is -2.51. The first kappa shape index (κ1) is 33.8. The SMILES string of the molecule is CCO[Si](COC(=O)CCC(C)(C#N)/N=N/C(C)(C#N)CCC(=O)OC[Si](C)(C)C)(OCC)OCC. The maximum absolute atomic E-state index is 12.4. The van der Waals surface area contributed by atoms with E-state index in [4.69, 9.17) is 22.8 Å². The third-order valence-corrected chi connectivity index (χ3v) is 8.47. The van der Waals surface area contributed by atoms with Crippen molar-refractivity contribution in [3.05, 3.63) is 0 Å². The number of carbonyl (C=O) groups is 2. The van der Waals surface area contributed by atoms with Gasteiger partial charge in [-0.05, 0) is 47.5 Å². The average Bonchev–Trinajstić information content (AvgIpc) is 2.82. The molecule has 36 heavy (non-hydrogen) atoms. The van der Waals surface area contributed by atoms with Gasteiger partial charge in [0.2, 0.25) is 0 Å². The van der Waals surface area contributed by atoms with E-state index in [1.54, 1.807) is 20.8 Å². The van der Waals surface area contributed by atoms with Crippen LogP contribution in [-0.2, 0) is 32.3 Å². The van der Waals surface area contributed by atoms with E-state index in [9.17, 15) is 20.1 Å². The molecule has 13 heteroatoms. The lowest BCUT2D eigenvalue weighted by molar-refractivity contribution is -0.144. The molecule has 0 aliphatic heterocycles. The molecule has 0 amide bonds. The Labute approximate surface area is 217 Å². The monoisotopic (exact) mass is 542 g/mol. The minimum atomic E-state index is -3.14. The summed E-state index contributed by atoms with van der Waals surface area (Å²) in [6, 6.07) is 4.08. The largest absolute Gasteiger partial charge is 0.540 e. The zero-order chi connectivity index (χ0) is 27.9. The van der Waals surface area contributed by atoms with Gasteiger partial charge in [-0.25, -0.2) is 0 Å². The average molecular weight is 543 g/mol. The predicted octanol–water partition coefficient (Wildman–Crippen LogP) is 4.11. The van der Waals surface area contributed by atoms with Gasteiger partial charge < -0.3 is 22.8 Å². The van der Waals surface area contributed by atoms with Crippen LogP contribution in [0.3, 0.4) is 0 Å². The van der Waals surface area contributed by atoms with Crippen LogP contribution in [0.1, 0.15) is 60.3 Å². The van der Waals surface area contributed by atoms with Crippen molar-refractivity contribution >= 4 is 28.8 Å². The molecular formula is C23H42N4O7Si2. The Morgan fingerprint density at radius 3 is 1.42 bits per heavy atom. The number of hydrogen-bond donors (Lipinski definition) is 0. The zero-order valence-corrected chi connectivity index (χ0v) is 25.0. The highest BCUT2D eigenvalue weighted by Crippen LogP contribution is 2.24. The number of hydrogen-bond acceptors (Lipinski definition) is 11. The summed E-state index contributed by atoms with van der Waals surface area (Å²) in [4.78, 5) is 24.4. The Kier molecular flexibility index (Phi) is 14.9. The Bertz CT molecular complexity index is 806. The smallest absolute Gasteiger partial charge is 0.469 e. The van der Waals surface area contributed by atoms with Gasteiger partial charge in [-0.3, -0.25) is 9.59 Å². The van der Waals surface area contributed by atoms with Gasteiger partial charge in [0, 0.05) is 32.7 Å². The first-order valence-electron chi connectivity index (χ1n) is 12.2. The summed E-state index contributed by atoms with van der Waals surface area (Å²) >= 11 is 0. The van der Waals surface area contributed by atoms with Crippen LogP contribution in [0.25, 0.3) is 0 Å². The maximum atomic E-state index is 12.4. The van der Waals surface area contributed by atoms with Crippen LogP contribution in [0, 0.1) is 22.7 Å². The molecule has 0 aromatic rings. The minimum Gasteiger partial charge on any atom is -0.469 e. The van der Waals surface area contributed by atoms with E-state index < -0.39 is 39.9 Å². The molecule has 0 saturated heterocycles. The summed E-state index contributed by atoms with van der Waals surface area (Å²) in [5, 5.41) is 27.4. The van der Waals surface area contributed by atoms with Crippen LogP contribution in [-0.4, -0.2) is 72.2 Å². The van der Waals surface area contributed by atoms with Gasteiger partial charge in [-0.2, -0.15) is 20.8 Å². The topological polar surface area (TPSA) is 153 Å². The van der Waals surface area contributed by atoms with Crippen LogP contribution in [0.15, 0.2) is 10.2 Å². The Balaban J connectivity index is 5.04. The van der Waals surface area contributed by atoms with Crippen molar-refractivity contribution in [1.29, 1.82) is 10.5 Å². The van der Waals surface area contributed by atoms with Crippen molar-refractivity contribution < 1.29 is 32.3 Å². The number of rotatable bonds is 18. The van der Waals surface area contributed by atoms with Crippen molar-refractivity contribution in [1.82, 2.24) is 0 Å². The highest BCUT2D eigenvalue weighted by atomic mass is 28.4. The molecule has 0 radical (unpaired) electrons. The summed E-state index contributed by atoms with van der Waals surface area (Å²) in [6.07, 6.45) is 0.297. The normalized spacial score (nSPS) is 15.4. The highest BCUT2D eigenvalue weighted by molar-refractivity contribution is 6.76. The second kappa shape index (κ2) is 15.8. The molecule has 2 atom stereocenters. The van der Waals surface area contributed by atoms with E-state index in [0.29, 0.717) is 26.1 Å². The second-order valence-electron chi connectivity index (χ2n) is 9.84. The van der Waals surface area contributed by atoms with Crippen molar-refractivity contribution in [3.8, 4) is 12.1 Å². The number of carbonyl (C=O) groups excluding carboxylic acids is 2. The fourth-order valence-corrected chi connectivity index (χ4v) is 5.44. The van der Waals surface area contributed by atoms with Crippen molar-refractivity contribution in [3.63, 3.8) is 0 Å². The van der Waals surface area contributed by atoms with E-state index >= 15 is 0 Å². The van der Waals surface area contributed by atoms with Gasteiger partial charge in [0.05, 0.1) is 26.4 Å². The molecule has 0 spiro atoms. The highest BCUT2D eigenvalue weighted by Gasteiger charge is 2.43. The van der Waals surface area contributed by atoms with Crippen molar-refractivity contribution in [2.45, 2.75) is 91.0 Å². The number of nitriles is 2. The number of azo groups is 1. The fraction of sp³-hybridized carbons (Fsp3) is 0.826. The minimum absolute atomic E-state index is 0.00822. The summed E-state index contributed by atoms with van der Waals surface area (Å²) in [6.45, 7) is 15.8. The molecule has 0 N–H and O–H groups in total. The lowest BCUT2D eigenvalue weighted by Gasteiger charge is -2.27. The molecule has 11 nitrogen and oxygen atoms in total. The predicted molar refractivity (Wildman–Crippen MR) is 137 cm³/mol. The molecule has 0 rings (SSSR count). The van der Waals surface area contributed by atoms with Crippen LogP contribution >= 0.6 is 0 Å². The molecule has 0 bridgehead atoms. The van der Waals surface area contributed by atoms with E-state index in [2.05, 4.69) is 29.9 Å². The standard InChI is InChI=1S/C23H42N4O7Si2/c1-9-32-36(33-10-2,34-11-3)19-31-21(29)13-15-23(5,17-25)27-26-22(4,16-24)14-12-20(28)30-18-35(6,7)8/h9-15,18-19H2,1-8H3/b27-26+. The molecule has 0 heterocycles. The molecule has 0 aromatic carbocycles. The Hall–Kier alpha value is -2.17. The van der Waals surface area contributed by atoms with Crippen LogP contribution in [0.2, 0.25) is 19.6 Å². The number of ether oxygens (including phenoxy) is 2. The van der Waals surface area contributed by atoms with E-state index in [1.165, 1.54) is 13.8 Å². The van der Waals surface area contributed by atoms with Gasteiger partial charge in [-0.1, -0.05) is 19.6 Å². The summed E-state index contributed by atoms with van der Waals surface area (Å²) in [5.74, 6) is -0.957. The van der Waals surface area contributed by atoms with Gasteiger partial charge in [0.25, 0.3) is 0 Å². The number of esters is 2. The molecule has 0 aromatic heterocycles. The lowest BCUT2D eigenvalue weighted by atomic mass is 9.97. The Morgan fingerprint density at radius 1 is 0.750 bits per heavy atom. The molecular weight excluding hydrogens is 500 g/mol. The molecule has 2 unspecified atom stereocenters. The quantitative estimate of drug-likeness (QED) is 0.141. The zero-order valence-electron chi connectivity index (χ0n) is 23.0. The molecule has 0 fully saturated rings. The maximum Gasteiger partial charge on any atom is 0.540 e. The second-order valence-corrected chi connectivity index (χ2v) is 17.8. The summed E-state index contributed by atoms with van der Waals surface area (Å²) in [7, 11) is -4.68. The van der Waals surface area contributed by atoms with Crippen LogP contribution in [0.4, 0.5) is 0 Å². The van der Waals surface area contributed by atoms with Crippen molar-refractivity contribution in [2.24, 2.45) is 10.2 Å². The third kappa shape index (κ3) is 13.8. The fourth-order valence-electron chi connectivity index (χ4n) is 2.69.